The van der Waals surface area contributed by atoms with Crippen LogP contribution in [0.15, 0.2) is 53.5 Å². The number of nitrogens with one attached hydrogen (secondary N) is 2. The number of hydrogen-bond donors (Lipinski definition) is 2. The lowest BCUT2D eigenvalue weighted by molar-refractivity contribution is 0.550. The number of aryl methyl sites for hydroxylation is 2. The van der Waals surface area contributed by atoms with Crippen molar-refractivity contribution in [1.82, 2.24) is 20.4 Å². The second kappa shape index (κ2) is 10.5. The Morgan fingerprint density at radius 2 is 1.87 bits per heavy atom. The molecule has 0 radical (unpaired) electrons. The molecule has 0 aliphatic heterocycles. The van der Waals surface area contributed by atoms with Gasteiger partial charge in [0.15, 0.2) is 5.96 Å². The van der Waals surface area contributed by atoms with E-state index in [4.69, 9.17) is 0 Å². The van der Waals surface area contributed by atoms with Gasteiger partial charge in [0.05, 0.1) is 17.4 Å². The van der Waals surface area contributed by atoms with Gasteiger partial charge in [-0.05, 0) is 44.5 Å². The number of hydrogen-bond acceptors (Lipinski definition) is 2. The van der Waals surface area contributed by atoms with Crippen LogP contribution in [0, 0.1) is 25.5 Å². The molecule has 3 rings (SSSR count). The lowest BCUT2D eigenvalue weighted by Crippen LogP contribution is -2.38. The van der Waals surface area contributed by atoms with Crippen LogP contribution in [0.25, 0.3) is 5.69 Å². The molecular weight excluding hydrogens is 499 g/mol. The number of guanidine groups is 1. The van der Waals surface area contributed by atoms with Gasteiger partial charge in [-0.15, -0.1) is 24.0 Å². The maximum atomic E-state index is 14.0. The molecule has 0 amide bonds. The van der Waals surface area contributed by atoms with Crippen molar-refractivity contribution in [3.8, 4) is 5.69 Å². The zero-order valence-electron chi connectivity index (χ0n) is 17.4. The van der Waals surface area contributed by atoms with E-state index in [0.29, 0.717) is 18.1 Å². The maximum Gasteiger partial charge on any atom is 0.191 e. The molecule has 30 heavy (non-hydrogen) atoms. The highest BCUT2D eigenvalue weighted by atomic mass is 127. The van der Waals surface area contributed by atoms with Gasteiger partial charge >= 0.3 is 0 Å². The molecule has 2 N–H and O–H groups in total. The summed E-state index contributed by atoms with van der Waals surface area (Å²) in [6.45, 7) is 6.29. The molecule has 0 fully saturated rings. The third-order valence-electron chi connectivity index (χ3n) is 4.68. The van der Waals surface area contributed by atoms with Crippen LogP contribution in [-0.2, 0) is 6.54 Å². The summed E-state index contributed by atoms with van der Waals surface area (Å²) in [6.07, 6.45) is 0. The number of rotatable bonds is 5. The molecule has 5 nitrogen and oxygen atoms in total. The molecule has 1 aromatic heterocycles. The topological polar surface area (TPSA) is 54.2 Å². The van der Waals surface area contributed by atoms with Gasteiger partial charge in [0.2, 0.25) is 0 Å². The molecular formula is C22H26F2IN5. The quantitative estimate of drug-likeness (QED) is 0.286. The fourth-order valence-corrected chi connectivity index (χ4v) is 3.25. The average molecular weight is 525 g/mol. The average Bonchev–Trinajstić information content (AvgIpc) is 3.03. The Balaban J connectivity index is 0.00000320. The summed E-state index contributed by atoms with van der Waals surface area (Å²) < 4.78 is 29.1. The molecule has 8 heteroatoms. The predicted molar refractivity (Wildman–Crippen MR) is 127 cm³/mol. The van der Waals surface area contributed by atoms with Crippen molar-refractivity contribution in [3.05, 3.63) is 82.7 Å². The highest BCUT2D eigenvalue weighted by molar-refractivity contribution is 14.0. The van der Waals surface area contributed by atoms with Gasteiger partial charge in [-0.2, -0.15) is 5.10 Å². The lowest BCUT2D eigenvalue weighted by atomic mass is 10.1. The normalized spacial score (nSPS) is 12.3. The summed E-state index contributed by atoms with van der Waals surface area (Å²) >= 11 is 0. The van der Waals surface area contributed by atoms with Crippen LogP contribution < -0.4 is 10.6 Å². The van der Waals surface area contributed by atoms with Crippen molar-refractivity contribution >= 4 is 29.9 Å². The Labute approximate surface area is 192 Å². The summed E-state index contributed by atoms with van der Waals surface area (Å²) in [4.78, 5) is 4.22. The van der Waals surface area contributed by atoms with Crippen molar-refractivity contribution < 1.29 is 8.78 Å². The molecule has 0 spiro atoms. The molecule has 160 valence electrons. The van der Waals surface area contributed by atoms with Crippen LogP contribution in [0.5, 0.6) is 0 Å². The first-order valence-corrected chi connectivity index (χ1v) is 9.42. The Kier molecular flexibility index (Phi) is 8.33. The highest BCUT2D eigenvalue weighted by Crippen LogP contribution is 2.19. The molecule has 2 aromatic carbocycles. The minimum absolute atomic E-state index is 0. The minimum Gasteiger partial charge on any atom is -0.352 e. The van der Waals surface area contributed by atoms with E-state index >= 15 is 0 Å². The lowest BCUT2D eigenvalue weighted by Gasteiger charge is -2.19. The molecule has 0 saturated heterocycles. The summed E-state index contributed by atoms with van der Waals surface area (Å²) in [6, 6.07) is 13.2. The van der Waals surface area contributed by atoms with Crippen LogP contribution in [0.3, 0.4) is 0 Å². The molecule has 0 bridgehead atoms. The standard InChI is InChI=1S/C22H25F2N5.HI/c1-14-11-15(2)29(28-14)21-8-6-5-7-17(21)13-26-22(25-4)27-16(3)19-10-9-18(23)12-20(19)24;/h5-12,16H,13H2,1-4H3,(H2,25,26,27);1H. The number of aliphatic imine (C=N–C) groups is 1. The van der Waals surface area contributed by atoms with E-state index in [0.717, 1.165) is 28.7 Å². The Bertz CT molecular complexity index is 1030. The Hall–Kier alpha value is -2.49. The third-order valence-corrected chi connectivity index (χ3v) is 4.68. The largest absolute Gasteiger partial charge is 0.352 e. The molecule has 3 aromatic rings. The van der Waals surface area contributed by atoms with Crippen molar-refractivity contribution in [2.45, 2.75) is 33.4 Å². The molecule has 0 aliphatic carbocycles. The van der Waals surface area contributed by atoms with E-state index in [1.165, 1.54) is 12.1 Å². The van der Waals surface area contributed by atoms with Crippen molar-refractivity contribution in [3.63, 3.8) is 0 Å². The van der Waals surface area contributed by atoms with Gasteiger partial charge in [-0.3, -0.25) is 4.99 Å². The number of aromatic nitrogens is 2. The molecule has 1 atom stereocenters. The monoisotopic (exact) mass is 525 g/mol. The second-order valence-electron chi connectivity index (χ2n) is 6.93. The van der Waals surface area contributed by atoms with E-state index in [1.807, 2.05) is 48.9 Å². The number of nitrogens with zero attached hydrogens (tertiary/aromatic N) is 3. The first-order valence-electron chi connectivity index (χ1n) is 9.42. The van der Waals surface area contributed by atoms with Gasteiger partial charge < -0.3 is 10.6 Å². The highest BCUT2D eigenvalue weighted by Gasteiger charge is 2.14. The molecule has 0 saturated carbocycles. The zero-order chi connectivity index (χ0) is 21.0. The summed E-state index contributed by atoms with van der Waals surface area (Å²) in [7, 11) is 1.65. The van der Waals surface area contributed by atoms with Gasteiger partial charge in [-0.25, -0.2) is 13.5 Å². The number of benzene rings is 2. The van der Waals surface area contributed by atoms with Gasteiger partial charge in [0.1, 0.15) is 11.6 Å². The van der Waals surface area contributed by atoms with Gasteiger partial charge in [-0.1, -0.05) is 24.3 Å². The van der Waals surface area contributed by atoms with E-state index in [9.17, 15) is 8.78 Å². The SMILES string of the molecule is CN=C(NCc1ccccc1-n1nc(C)cc1C)NC(C)c1ccc(F)cc1F.I. The smallest absolute Gasteiger partial charge is 0.191 e. The number of para-hydroxylation sites is 1. The zero-order valence-corrected chi connectivity index (χ0v) is 19.7. The second-order valence-corrected chi connectivity index (χ2v) is 6.93. The summed E-state index contributed by atoms with van der Waals surface area (Å²) in [5, 5.41) is 11.0. The van der Waals surface area contributed by atoms with E-state index < -0.39 is 11.6 Å². The van der Waals surface area contributed by atoms with E-state index in [-0.39, 0.29) is 30.0 Å². The third kappa shape index (κ3) is 5.56. The maximum absolute atomic E-state index is 14.0. The van der Waals surface area contributed by atoms with Crippen molar-refractivity contribution in [2.75, 3.05) is 7.05 Å². The molecule has 0 aliphatic rings. The first kappa shape index (κ1) is 23.8. The first-order chi connectivity index (χ1) is 13.9. The molecule has 1 unspecified atom stereocenters. The van der Waals surface area contributed by atoms with Crippen LogP contribution in [0.2, 0.25) is 0 Å². The fourth-order valence-electron chi connectivity index (χ4n) is 3.25. The number of halogens is 3. The minimum atomic E-state index is -0.596. The fraction of sp³-hybridized carbons (Fsp3) is 0.273. The van der Waals surface area contributed by atoms with Crippen molar-refractivity contribution in [1.29, 1.82) is 0 Å². The predicted octanol–water partition coefficient (Wildman–Crippen LogP) is 4.81. The van der Waals surface area contributed by atoms with Crippen LogP contribution >= 0.6 is 24.0 Å². The van der Waals surface area contributed by atoms with Crippen molar-refractivity contribution in [2.24, 2.45) is 4.99 Å². The van der Waals surface area contributed by atoms with Gasteiger partial charge in [0.25, 0.3) is 0 Å². The summed E-state index contributed by atoms with van der Waals surface area (Å²) in [5.74, 6) is -0.665. The summed E-state index contributed by atoms with van der Waals surface area (Å²) in [5.41, 5.74) is 4.41. The van der Waals surface area contributed by atoms with Crippen LogP contribution in [0.1, 0.15) is 35.5 Å². The Morgan fingerprint density at radius 3 is 2.50 bits per heavy atom. The van der Waals surface area contributed by atoms with Crippen LogP contribution in [-0.4, -0.2) is 22.8 Å². The van der Waals surface area contributed by atoms with E-state index in [2.05, 4.69) is 20.7 Å². The van der Waals surface area contributed by atoms with Crippen LogP contribution in [0.4, 0.5) is 8.78 Å². The van der Waals surface area contributed by atoms with E-state index in [1.54, 1.807) is 14.0 Å². The molecule has 1 heterocycles. The van der Waals surface area contributed by atoms with Gasteiger partial charge in [0, 0.05) is 30.9 Å². The Morgan fingerprint density at radius 1 is 1.13 bits per heavy atom.